The SMILES string of the molecule is Cc1c(NC(=O)/C(C#N)=C/c2c(Oc3ccc(Cl)cc3Cl)nc3ccccn3c2=O)c(=O)n(-c2ccccc2)n1C. The van der Waals surface area contributed by atoms with E-state index >= 15 is 0 Å². The molecule has 3 aromatic heterocycles. The molecule has 0 spiro atoms. The maximum Gasteiger partial charge on any atom is 0.295 e. The molecule has 0 saturated heterocycles. The van der Waals surface area contributed by atoms with Crippen molar-refractivity contribution in [2.45, 2.75) is 6.92 Å². The Morgan fingerprint density at radius 2 is 1.78 bits per heavy atom. The van der Waals surface area contributed by atoms with Gasteiger partial charge in [-0.25, -0.2) is 4.68 Å². The first-order valence-corrected chi connectivity index (χ1v) is 12.9. The van der Waals surface area contributed by atoms with Gasteiger partial charge in [0.25, 0.3) is 17.0 Å². The van der Waals surface area contributed by atoms with Gasteiger partial charge in [-0.05, 0) is 55.5 Å². The molecular weight excluding hydrogens is 567 g/mol. The Morgan fingerprint density at radius 3 is 2.49 bits per heavy atom. The lowest BCUT2D eigenvalue weighted by molar-refractivity contribution is -0.112. The molecule has 1 amide bonds. The average Bonchev–Trinajstić information content (AvgIpc) is 3.17. The maximum atomic E-state index is 13.5. The van der Waals surface area contributed by atoms with Crippen molar-refractivity contribution in [3.63, 3.8) is 0 Å². The number of hydrogen-bond acceptors (Lipinski definition) is 6. The van der Waals surface area contributed by atoms with E-state index < -0.39 is 22.6 Å². The van der Waals surface area contributed by atoms with Crippen molar-refractivity contribution in [2.24, 2.45) is 7.05 Å². The van der Waals surface area contributed by atoms with E-state index in [4.69, 9.17) is 27.9 Å². The Bertz CT molecular complexity index is 2020. The topological polar surface area (TPSA) is 123 Å². The van der Waals surface area contributed by atoms with Crippen LogP contribution in [0.1, 0.15) is 11.3 Å². The van der Waals surface area contributed by atoms with Crippen molar-refractivity contribution >= 4 is 46.5 Å². The summed E-state index contributed by atoms with van der Waals surface area (Å²) in [6.07, 6.45) is 2.56. The summed E-state index contributed by atoms with van der Waals surface area (Å²) in [5.74, 6) is -0.929. The predicted octanol–water partition coefficient (Wildman–Crippen LogP) is 5.14. The molecule has 0 bridgehead atoms. The highest BCUT2D eigenvalue weighted by molar-refractivity contribution is 6.35. The number of halogens is 2. The molecule has 5 rings (SSSR count). The van der Waals surface area contributed by atoms with E-state index in [1.165, 1.54) is 27.4 Å². The molecule has 0 aliphatic carbocycles. The predicted molar refractivity (Wildman–Crippen MR) is 156 cm³/mol. The second kappa shape index (κ2) is 11.2. The number of benzene rings is 2. The van der Waals surface area contributed by atoms with E-state index in [2.05, 4.69) is 10.3 Å². The zero-order chi connectivity index (χ0) is 29.3. The minimum Gasteiger partial charge on any atom is -0.437 e. The minimum absolute atomic E-state index is 0.0136. The van der Waals surface area contributed by atoms with E-state index in [0.717, 1.165) is 6.08 Å². The molecule has 5 aromatic rings. The number of pyridine rings is 1. The van der Waals surface area contributed by atoms with E-state index in [1.807, 2.05) is 6.07 Å². The summed E-state index contributed by atoms with van der Waals surface area (Å²) in [4.78, 5) is 44.4. The van der Waals surface area contributed by atoms with Gasteiger partial charge in [0, 0.05) is 18.3 Å². The molecule has 0 aliphatic heterocycles. The summed E-state index contributed by atoms with van der Waals surface area (Å²) < 4.78 is 10.1. The van der Waals surface area contributed by atoms with Crippen molar-refractivity contribution in [1.29, 1.82) is 5.26 Å². The van der Waals surface area contributed by atoms with Crippen LogP contribution >= 0.6 is 23.2 Å². The minimum atomic E-state index is -0.897. The summed E-state index contributed by atoms with van der Waals surface area (Å²) >= 11 is 12.3. The number of ether oxygens (including phenoxy) is 1. The van der Waals surface area contributed by atoms with Crippen LogP contribution in [0.5, 0.6) is 11.6 Å². The molecule has 41 heavy (non-hydrogen) atoms. The highest BCUT2D eigenvalue weighted by Crippen LogP contribution is 2.32. The third kappa shape index (κ3) is 5.24. The Hall–Kier alpha value is -5.11. The fraction of sp³-hybridized carbons (Fsp3) is 0.0690. The molecule has 10 nitrogen and oxygen atoms in total. The first-order valence-electron chi connectivity index (χ1n) is 12.1. The number of hydrogen-bond donors (Lipinski definition) is 1. The quantitative estimate of drug-likeness (QED) is 0.217. The molecule has 0 atom stereocenters. The highest BCUT2D eigenvalue weighted by Gasteiger charge is 2.22. The van der Waals surface area contributed by atoms with Crippen molar-refractivity contribution in [3.05, 3.63) is 121 Å². The Balaban J connectivity index is 1.58. The number of rotatable bonds is 6. The van der Waals surface area contributed by atoms with Crippen molar-refractivity contribution in [3.8, 4) is 23.4 Å². The van der Waals surface area contributed by atoms with E-state index in [9.17, 15) is 19.6 Å². The fourth-order valence-corrected chi connectivity index (χ4v) is 4.58. The number of fused-ring (bicyclic) bond motifs is 1. The number of carbonyl (C=O) groups is 1. The molecule has 0 radical (unpaired) electrons. The van der Waals surface area contributed by atoms with Crippen LogP contribution in [0.3, 0.4) is 0 Å². The Labute approximate surface area is 242 Å². The summed E-state index contributed by atoms with van der Waals surface area (Å²) in [6, 6.07) is 20.1. The molecule has 0 saturated carbocycles. The van der Waals surface area contributed by atoms with Crippen molar-refractivity contribution in [1.82, 2.24) is 18.7 Å². The molecule has 1 N–H and O–H groups in total. The molecular formula is C29H20Cl2N6O4. The molecule has 2 aromatic carbocycles. The first-order chi connectivity index (χ1) is 19.7. The second-order valence-electron chi connectivity index (χ2n) is 8.80. The normalized spacial score (nSPS) is 11.3. The van der Waals surface area contributed by atoms with Crippen LogP contribution in [-0.2, 0) is 11.8 Å². The monoisotopic (exact) mass is 586 g/mol. The molecule has 0 unspecified atom stereocenters. The largest absolute Gasteiger partial charge is 0.437 e. The van der Waals surface area contributed by atoms with Crippen LogP contribution in [0.4, 0.5) is 5.69 Å². The number of carbonyl (C=O) groups excluding carboxylic acids is 1. The second-order valence-corrected chi connectivity index (χ2v) is 9.65. The van der Waals surface area contributed by atoms with Crippen LogP contribution in [0.25, 0.3) is 17.4 Å². The smallest absolute Gasteiger partial charge is 0.295 e. The molecule has 204 valence electrons. The lowest BCUT2D eigenvalue weighted by Gasteiger charge is -2.11. The van der Waals surface area contributed by atoms with Gasteiger partial charge in [-0.2, -0.15) is 10.2 Å². The van der Waals surface area contributed by atoms with E-state index in [-0.39, 0.29) is 33.6 Å². The van der Waals surface area contributed by atoms with Crippen molar-refractivity contribution < 1.29 is 9.53 Å². The van der Waals surface area contributed by atoms with Crippen LogP contribution < -0.4 is 21.2 Å². The van der Waals surface area contributed by atoms with Crippen LogP contribution in [0.2, 0.25) is 10.0 Å². The van der Waals surface area contributed by atoms with E-state index in [1.54, 1.807) is 73.3 Å². The van der Waals surface area contributed by atoms with Gasteiger partial charge >= 0.3 is 0 Å². The number of anilines is 1. The van der Waals surface area contributed by atoms with Gasteiger partial charge in [0.2, 0.25) is 5.88 Å². The number of para-hydroxylation sites is 1. The zero-order valence-corrected chi connectivity index (χ0v) is 23.1. The summed E-state index contributed by atoms with van der Waals surface area (Å²) in [6.45, 7) is 1.66. The van der Waals surface area contributed by atoms with Gasteiger partial charge in [-0.1, -0.05) is 47.5 Å². The third-order valence-electron chi connectivity index (χ3n) is 6.28. The number of amides is 1. The average molecular weight is 587 g/mol. The Kier molecular flexibility index (Phi) is 7.48. The molecule has 12 heteroatoms. The number of aromatic nitrogens is 4. The van der Waals surface area contributed by atoms with Gasteiger partial charge in [-0.3, -0.25) is 23.5 Å². The maximum absolute atomic E-state index is 13.5. The Morgan fingerprint density at radius 1 is 1.05 bits per heavy atom. The lowest BCUT2D eigenvalue weighted by atomic mass is 10.1. The number of nitrogens with zero attached hydrogens (tertiary/aromatic N) is 5. The van der Waals surface area contributed by atoms with Crippen molar-refractivity contribution in [2.75, 3.05) is 5.32 Å². The molecule has 0 fully saturated rings. The van der Waals surface area contributed by atoms with Gasteiger partial charge < -0.3 is 10.1 Å². The highest BCUT2D eigenvalue weighted by atomic mass is 35.5. The fourth-order valence-electron chi connectivity index (χ4n) is 4.13. The number of nitriles is 1. The molecule has 0 aliphatic rings. The standard InChI is InChI=1S/C29H20Cl2N6O4/c1-17-25(29(40)37(35(17)2)20-8-4-3-5-9-20)34-26(38)18(16-32)14-21-27(41-23-12-11-19(30)15-22(23)31)33-24-10-6-7-13-36(24)28(21)39/h3-15H,1-2H3,(H,34,38)/b18-14+. The van der Waals surface area contributed by atoms with Crippen LogP contribution in [0.15, 0.2) is 88.1 Å². The van der Waals surface area contributed by atoms with Gasteiger partial charge in [0.1, 0.15) is 34.3 Å². The third-order valence-corrected chi connectivity index (χ3v) is 6.81. The first kappa shape index (κ1) is 27.5. The summed E-state index contributed by atoms with van der Waals surface area (Å²) in [7, 11) is 1.67. The van der Waals surface area contributed by atoms with E-state index in [0.29, 0.717) is 16.4 Å². The summed E-state index contributed by atoms with van der Waals surface area (Å²) in [5, 5.41) is 13.0. The molecule has 3 heterocycles. The summed E-state index contributed by atoms with van der Waals surface area (Å²) in [5.41, 5.74) is -0.428. The number of nitrogens with one attached hydrogen (secondary N) is 1. The van der Waals surface area contributed by atoms with Crippen LogP contribution in [0, 0.1) is 18.3 Å². The van der Waals surface area contributed by atoms with Crippen LogP contribution in [-0.4, -0.2) is 24.7 Å². The van der Waals surface area contributed by atoms with Gasteiger partial charge in [0.15, 0.2) is 0 Å². The van der Waals surface area contributed by atoms with Gasteiger partial charge in [-0.15, -0.1) is 0 Å². The van der Waals surface area contributed by atoms with Gasteiger partial charge in [0.05, 0.1) is 16.4 Å². The lowest BCUT2D eigenvalue weighted by Crippen LogP contribution is -2.24. The zero-order valence-electron chi connectivity index (χ0n) is 21.6.